The number of imide groups is 1. The molecule has 2 aromatic heterocycles. The molecule has 2 atom stereocenters. The van der Waals surface area contributed by atoms with Crippen LogP contribution in [0.1, 0.15) is 47.3 Å². The molecule has 5 aliphatic heterocycles. The van der Waals surface area contributed by atoms with E-state index in [0.717, 1.165) is 10.6 Å². The van der Waals surface area contributed by atoms with Crippen LogP contribution in [-0.2, 0) is 20.4 Å². The standard InChI is InChI=1S/C39H43Cl2N11O6/c1-58-31-8-6-27(51-25-43-45-46-51)23-28(31)34(53)49-17-10-38(24-49,26-5-7-29(40)30(41)22-26)9-14-47-15-11-39(12-16-47,32-4-2-3-13-42-32)36(56)44-37(57)52-33(35(54)55)48-18-20-50(52)21-19-48/h2-8,13,22-23,25,33H,9-12,14-21,24H2,1H3,(H,54,55)(H,44,56,57). The first-order valence-corrected chi connectivity index (χ1v) is 19.9. The number of halogens is 2. The van der Waals surface area contributed by atoms with Crippen molar-refractivity contribution in [1.29, 1.82) is 0 Å². The zero-order valence-corrected chi connectivity index (χ0v) is 33.3. The fourth-order valence-electron chi connectivity index (χ4n) is 8.94. The molecule has 304 valence electrons. The van der Waals surface area contributed by atoms with Crippen LogP contribution in [0.4, 0.5) is 4.79 Å². The van der Waals surface area contributed by atoms with Crippen molar-refractivity contribution < 1.29 is 29.0 Å². The number of hydrazine groups is 1. The molecule has 5 fully saturated rings. The number of pyridine rings is 1. The van der Waals surface area contributed by atoms with Gasteiger partial charge in [-0.25, -0.2) is 24.3 Å². The molecular formula is C39H43Cl2N11O6. The van der Waals surface area contributed by atoms with E-state index >= 15 is 0 Å². The SMILES string of the molecule is COc1ccc(-n2cnnn2)cc1C(=O)N1CCC(CCN2CCC(C(=O)NC(=O)N3C(C(=O)O)N4CCN3CC4)(c3ccccn3)CC2)(c2ccc(Cl)c(Cl)c2)C1. The number of hydrogen-bond donors (Lipinski definition) is 2. The van der Waals surface area contributed by atoms with Gasteiger partial charge in [0.05, 0.1) is 39.5 Å². The second-order valence-corrected chi connectivity index (χ2v) is 16.0. The number of tetrazole rings is 1. The van der Waals surface area contributed by atoms with Crippen molar-refractivity contribution in [3.63, 3.8) is 0 Å². The molecule has 5 saturated heterocycles. The molecule has 2 unspecified atom stereocenters. The highest BCUT2D eigenvalue weighted by atomic mass is 35.5. The number of piperidine rings is 1. The predicted molar refractivity (Wildman–Crippen MR) is 211 cm³/mol. The number of methoxy groups -OCH3 is 1. The van der Waals surface area contributed by atoms with Crippen molar-refractivity contribution in [2.24, 2.45) is 0 Å². The summed E-state index contributed by atoms with van der Waals surface area (Å²) >= 11 is 13.0. The minimum Gasteiger partial charge on any atom is -0.496 e. The van der Waals surface area contributed by atoms with Gasteiger partial charge in [0.25, 0.3) is 5.91 Å². The highest BCUT2D eigenvalue weighted by molar-refractivity contribution is 6.42. The van der Waals surface area contributed by atoms with Crippen LogP contribution in [0.3, 0.4) is 0 Å². The highest BCUT2D eigenvalue weighted by Crippen LogP contribution is 2.42. The zero-order valence-electron chi connectivity index (χ0n) is 31.8. The molecule has 7 heterocycles. The Bertz CT molecular complexity index is 2180. The van der Waals surface area contributed by atoms with Crippen molar-refractivity contribution in [2.45, 2.75) is 42.7 Å². The molecule has 5 aliphatic rings. The molecular weight excluding hydrogens is 789 g/mol. The third-order valence-electron chi connectivity index (χ3n) is 12.2. The fourth-order valence-corrected chi connectivity index (χ4v) is 9.24. The monoisotopic (exact) mass is 831 g/mol. The fraction of sp³-hybridized carbons (Fsp3) is 0.436. The lowest BCUT2D eigenvalue weighted by Crippen LogP contribution is -2.74. The van der Waals surface area contributed by atoms with Crippen molar-refractivity contribution in [3.8, 4) is 11.4 Å². The van der Waals surface area contributed by atoms with Gasteiger partial charge in [-0.15, -0.1) is 5.10 Å². The molecule has 4 amide bonds. The average Bonchev–Trinajstić information content (AvgIpc) is 3.96. The summed E-state index contributed by atoms with van der Waals surface area (Å²) in [7, 11) is 1.53. The molecule has 2 N–H and O–H groups in total. The Hall–Kier alpha value is -5.20. The van der Waals surface area contributed by atoms with E-state index < -0.39 is 34.9 Å². The van der Waals surface area contributed by atoms with E-state index in [1.54, 1.807) is 52.5 Å². The van der Waals surface area contributed by atoms with Gasteiger partial charge >= 0.3 is 12.0 Å². The molecule has 58 heavy (non-hydrogen) atoms. The number of hydrogen-bond acceptors (Lipinski definition) is 12. The van der Waals surface area contributed by atoms with Crippen LogP contribution in [0, 0.1) is 0 Å². The van der Waals surface area contributed by atoms with Crippen LogP contribution in [0.25, 0.3) is 5.69 Å². The van der Waals surface area contributed by atoms with Gasteiger partial charge in [-0.1, -0.05) is 35.3 Å². The van der Waals surface area contributed by atoms with Gasteiger partial charge in [-0.05, 0) is 104 Å². The van der Waals surface area contributed by atoms with Crippen LogP contribution in [0.15, 0.2) is 67.1 Å². The van der Waals surface area contributed by atoms with Crippen molar-refractivity contribution in [2.75, 3.05) is 66.0 Å². The molecule has 17 nitrogen and oxygen atoms in total. The van der Waals surface area contributed by atoms with Crippen LogP contribution in [-0.4, -0.2) is 151 Å². The molecule has 2 bridgehead atoms. The highest BCUT2D eigenvalue weighted by Gasteiger charge is 2.50. The summed E-state index contributed by atoms with van der Waals surface area (Å²) in [4.78, 5) is 64.9. The Morgan fingerprint density at radius 3 is 2.40 bits per heavy atom. The molecule has 0 aliphatic carbocycles. The van der Waals surface area contributed by atoms with E-state index in [4.69, 9.17) is 27.9 Å². The van der Waals surface area contributed by atoms with Gasteiger partial charge in [-0.2, -0.15) is 0 Å². The number of nitrogens with one attached hydrogen (secondary N) is 1. The van der Waals surface area contributed by atoms with Gasteiger partial charge in [0.2, 0.25) is 12.1 Å². The van der Waals surface area contributed by atoms with Crippen molar-refractivity contribution in [1.82, 2.24) is 55.2 Å². The van der Waals surface area contributed by atoms with Crippen LogP contribution in [0.2, 0.25) is 10.0 Å². The number of urea groups is 1. The molecule has 0 spiro atoms. The van der Waals surface area contributed by atoms with Crippen molar-refractivity contribution in [3.05, 3.63) is 94.0 Å². The van der Waals surface area contributed by atoms with E-state index in [0.29, 0.717) is 117 Å². The Kier molecular flexibility index (Phi) is 11.1. The first-order valence-electron chi connectivity index (χ1n) is 19.2. The number of rotatable bonds is 10. The average molecular weight is 833 g/mol. The number of aromatic nitrogens is 5. The summed E-state index contributed by atoms with van der Waals surface area (Å²) in [5.41, 5.74) is 0.944. The number of amides is 4. The molecule has 4 aromatic rings. The summed E-state index contributed by atoms with van der Waals surface area (Å²) in [6.45, 7) is 4.64. The Morgan fingerprint density at radius 1 is 0.931 bits per heavy atom. The maximum Gasteiger partial charge on any atom is 0.343 e. The maximum absolute atomic E-state index is 14.3. The molecule has 19 heteroatoms. The van der Waals surface area contributed by atoms with Gasteiger partial charge < -0.3 is 19.6 Å². The van der Waals surface area contributed by atoms with Gasteiger partial charge in [0.15, 0.2) is 0 Å². The topological polar surface area (TPSA) is 182 Å². The third-order valence-corrected chi connectivity index (χ3v) is 13.0. The molecule has 2 aromatic carbocycles. The first-order chi connectivity index (χ1) is 28.0. The second kappa shape index (κ2) is 16.2. The second-order valence-electron chi connectivity index (χ2n) is 15.2. The zero-order chi connectivity index (χ0) is 40.6. The normalized spacial score (nSPS) is 24.1. The molecule has 0 saturated carbocycles. The van der Waals surface area contributed by atoms with Crippen LogP contribution < -0.4 is 10.1 Å². The van der Waals surface area contributed by atoms with E-state index in [2.05, 4.69) is 30.7 Å². The lowest BCUT2D eigenvalue weighted by atomic mass is 9.73. The quantitative estimate of drug-likeness (QED) is 0.238. The van der Waals surface area contributed by atoms with Crippen LogP contribution in [0.5, 0.6) is 5.75 Å². The number of ether oxygens (including phenoxy) is 1. The van der Waals surface area contributed by atoms with Crippen LogP contribution >= 0.6 is 23.2 Å². The van der Waals surface area contributed by atoms with E-state index in [1.165, 1.54) is 18.1 Å². The number of nitrogens with zero attached hydrogens (tertiary/aromatic N) is 10. The minimum absolute atomic E-state index is 0.187. The summed E-state index contributed by atoms with van der Waals surface area (Å²) < 4.78 is 7.08. The lowest BCUT2D eigenvalue weighted by Gasteiger charge is -2.52. The Labute approximate surface area is 344 Å². The first kappa shape index (κ1) is 39.6. The Balaban J connectivity index is 0.997. The largest absolute Gasteiger partial charge is 0.496 e. The van der Waals surface area contributed by atoms with Gasteiger partial charge in [-0.3, -0.25) is 24.8 Å². The number of fused-ring (bicyclic) bond motifs is 3. The number of likely N-dealkylation sites (tertiary alicyclic amines) is 2. The maximum atomic E-state index is 14.3. The summed E-state index contributed by atoms with van der Waals surface area (Å²) in [6, 6.07) is 15.5. The number of carbonyl (C=O) groups is 4. The number of benzene rings is 2. The van der Waals surface area contributed by atoms with Gasteiger partial charge in [0, 0.05) is 50.9 Å². The summed E-state index contributed by atoms with van der Waals surface area (Å²) in [5.74, 6) is -1.41. The summed E-state index contributed by atoms with van der Waals surface area (Å²) in [5, 5.41) is 27.7. The van der Waals surface area contributed by atoms with E-state index in [9.17, 15) is 24.3 Å². The number of aliphatic carboxylic acids is 1. The number of piperazine rings is 1. The summed E-state index contributed by atoms with van der Waals surface area (Å²) in [6.07, 6.45) is 4.01. The molecule has 9 rings (SSSR count). The molecule has 0 radical (unpaired) electrons. The number of carboxylic acid groups (broad SMARTS) is 1. The number of carboxylic acids is 1. The lowest BCUT2D eigenvalue weighted by molar-refractivity contribution is -0.190. The smallest absolute Gasteiger partial charge is 0.343 e. The van der Waals surface area contributed by atoms with Crippen molar-refractivity contribution >= 4 is 47.0 Å². The predicted octanol–water partition coefficient (Wildman–Crippen LogP) is 3.08. The Morgan fingerprint density at radius 2 is 1.72 bits per heavy atom. The van der Waals surface area contributed by atoms with Gasteiger partial charge in [0.1, 0.15) is 12.1 Å². The third kappa shape index (κ3) is 7.36. The number of carbonyl (C=O) groups excluding carboxylic acids is 3. The van der Waals surface area contributed by atoms with E-state index in [-0.39, 0.29) is 5.91 Å². The minimum atomic E-state index is -1.18. The van der Waals surface area contributed by atoms with E-state index in [1.807, 2.05) is 23.1 Å².